The van der Waals surface area contributed by atoms with Crippen molar-refractivity contribution in [1.29, 1.82) is 5.26 Å². The van der Waals surface area contributed by atoms with E-state index in [-0.39, 0.29) is 11.7 Å². The van der Waals surface area contributed by atoms with Gasteiger partial charge in [-0.15, -0.1) is 0 Å². The van der Waals surface area contributed by atoms with Gasteiger partial charge in [0.15, 0.2) is 0 Å². The van der Waals surface area contributed by atoms with Crippen molar-refractivity contribution < 1.29 is 4.74 Å². The molecule has 6 heteroatoms. The highest BCUT2D eigenvalue weighted by Gasteiger charge is 2.39. The van der Waals surface area contributed by atoms with E-state index in [9.17, 15) is 9.59 Å². The molecule has 1 aliphatic rings. The third-order valence-corrected chi connectivity index (χ3v) is 3.46. The van der Waals surface area contributed by atoms with E-state index in [4.69, 9.17) is 10.00 Å². The summed E-state index contributed by atoms with van der Waals surface area (Å²) < 4.78 is 6.84. The van der Waals surface area contributed by atoms with Gasteiger partial charge in [-0.1, -0.05) is 0 Å². The molecular formula is C11H13N3O3. The Morgan fingerprint density at radius 1 is 1.65 bits per heavy atom. The minimum atomic E-state index is -0.649. The maximum absolute atomic E-state index is 11.8. The van der Waals surface area contributed by atoms with Crippen molar-refractivity contribution in [3.8, 4) is 6.07 Å². The van der Waals surface area contributed by atoms with Crippen LogP contribution < -0.4 is 11.2 Å². The zero-order valence-electron chi connectivity index (χ0n) is 9.69. The van der Waals surface area contributed by atoms with E-state index in [0.717, 1.165) is 0 Å². The third kappa shape index (κ3) is 1.68. The Kier molecular flexibility index (Phi) is 2.63. The molecule has 0 spiro atoms. The number of nitrogens with zero attached hydrogens (tertiary/aromatic N) is 2. The molecule has 2 atom stereocenters. The summed E-state index contributed by atoms with van der Waals surface area (Å²) in [6, 6.07) is 1.77. The summed E-state index contributed by atoms with van der Waals surface area (Å²) in [5, 5.41) is 8.81. The SMILES string of the molecule is CC1OCCC1(C)n1cc(C#N)c(=O)[nH]c1=O. The van der Waals surface area contributed by atoms with E-state index >= 15 is 0 Å². The molecule has 6 nitrogen and oxygen atoms in total. The first-order valence-corrected chi connectivity index (χ1v) is 5.37. The topological polar surface area (TPSA) is 87.9 Å². The largest absolute Gasteiger partial charge is 0.376 e. The van der Waals surface area contributed by atoms with Gasteiger partial charge in [0.05, 0.1) is 11.6 Å². The van der Waals surface area contributed by atoms with Crippen LogP contribution in [0.1, 0.15) is 25.8 Å². The molecule has 1 aliphatic heterocycles. The van der Waals surface area contributed by atoms with E-state index in [1.807, 2.05) is 13.8 Å². The van der Waals surface area contributed by atoms with Gasteiger partial charge < -0.3 is 4.74 Å². The Labute approximate surface area is 97.5 Å². The molecule has 2 rings (SSSR count). The maximum atomic E-state index is 11.8. The highest BCUT2D eigenvalue weighted by molar-refractivity contribution is 5.22. The molecule has 2 unspecified atom stereocenters. The van der Waals surface area contributed by atoms with Gasteiger partial charge in [0.25, 0.3) is 5.56 Å². The summed E-state index contributed by atoms with van der Waals surface area (Å²) >= 11 is 0. The zero-order valence-corrected chi connectivity index (χ0v) is 9.69. The fraction of sp³-hybridized carbons (Fsp3) is 0.545. The minimum absolute atomic E-state index is 0.0649. The van der Waals surface area contributed by atoms with Gasteiger partial charge in [0.1, 0.15) is 11.6 Å². The first kappa shape index (κ1) is 11.6. The maximum Gasteiger partial charge on any atom is 0.328 e. The van der Waals surface area contributed by atoms with E-state index in [1.54, 1.807) is 6.07 Å². The third-order valence-electron chi connectivity index (χ3n) is 3.46. The average molecular weight is 235 g/mol. The Balaban J connectivity index is 2.65. The van der Waals surface area contributed by atoms with Crippen molar-refractivity contribution in [2.45, 2.75) is 31.9 Å². The van der Waals surface area contributed by atoms with Crippen LogP contribution in [-0.4, -0.2) is 22.3 Å². The average Bonchev–Trinajstić information content (AvgIpc) is 2.60. The standard InChI is InChI=1S/C11H13N3O3/c1-7-11(2,3-4-17-7)14-6-8(5-12)9(15)13-10(14)16/h6-7H,3-4H2,1-2H3,(H,13,15,16). The van der Waals surface area contributed by atoms with Crippen molar-refractivity contribution in [2.75, 3.05) is 6.61 Å². The minimum Gasteiger partial charge on any atom is -0.376 e. The first-order valence-electron chi connectivity index (χ1n) is 5.37. The quantitative estimate of drug-likeness (QED) is 0.738. The van der Waals surface area contributed by atoms with Gasteiger partial charge in [-0.3, -0.25) is 14.3 Å². The summed E-state index contributed by atoms with van der Waals surface area (Å²) in [7, 11) is 0. The number of aromatic nitrogens is 2. The first-order chi connectivity index (χ1) is 7.99. The van der Waals surface area contributed by atoms with Crippen LogP contribution >= 0.6 is 0 Å². The smallest absolute Gasteiger partial charge is 0.328 e. The van der Waals surface area contributed by atoms with Crippen LogP contribution in [0.15, 0.2) is 15.8 Å². The van der Waals surface area contributed by atoms with Crippen LogP contribution in [0.2, 0.25) is 0 Å². The zero-order chi connectivity index (χ0) is 12.6. The van der Waals surface area contributed by atoms with Gasteiger partial charge in [-0.2, -0.15) is 5.26 Å². The van der Waals surface area contributed by atoms with Crippen LogP contribution in [0.3, 0.4) is 0 Å². The van der Waals surface area contributed by atoms with Crippen LogP contribution in [0.4, 0.5) is 0 Å². The lowest BCUT2D eigenvalue weighted by Gasteiger charge is -2.29. The summed E-state index contributed by atoms with van der Waals surface area (Å²) in [6.45, 7) is 4.31. The lowest BCUT2D eigenvalue weighted by Crippen LogP contribution is -2.46. The molecule has 1 N–H and O–H groups in total. The van der Waals surface area contributed by atoms with Crippen molar-refractivity contribution in [1.82, 2.24) is 9.55 Å². The predicted octanol–water partition coefficient (Wildman–Crippen LogP) is -0.0677. The van der Waals surface area contributed by atoms with Crippen LogP contribution in [0, 0.1) is 11.3 Å². The van der Waals surface area contributed by atoms with Crippen LogP contribution in [-0.2, 0) is 10.3 Å². The second-order valence-corrected chi connectivity index (χ2v) is 4.40. The molecule has 1 saturated heterocycles. The number of aromatic amines is 1. The van der Waals surface area contributed by atoms with Gasteiger partial charge in [-0.05, 0) is 20.3 Å². The number of rotatable bonds is 1. The highest BCUT2D eigenvalue weighted by atomic mass is 16.5. The summed E-state index contributed by atoms with van der Waals surface area (Å²) in [4.78, 5) is 25.2. The Hall–Kier alpha value is -1.87. The second-order valence-electron chi connectivity index (χ2n) is 4.40. The summed E-state index contributed by atoms with van der Waals surface area (Å²) in [5.74, 6) is 0. The second kappa shape index (κ2) is 3.86. The predicted molar refractivity (Wildman–Crippen MR) is 59.7 cm³/mol. The molecule has 0 radical (unpaired) electrons. The lowest BCUT2D eigenvalue weighted by atomic mass is 9.94. The van der Waals surface area contributed by atoms with Crippen molar-refractivity contribution >= 4 is 0 Å². The molecule has 0 amide bonds. The summed E-state index contributed by atoms with van der Waals surface area (Å²) in [5.41, 5.74) is -1.74. The molecule has 90 valence electrons. The Bertz CT molecular complexity index is 595. The van der Waals surface area contributed by atoms with Crippen molar-refractivity contribution in [2.24, 2.45) is 0 Å². The normalized spacial score (nSPS) is 27.9. The molecule has 0 bridgehead atoms. The highest BCUT2D eigenvalue weighted by Crippen LogP contribution is 2.31. The molecule has 0 saturated carbocycles. The summed E-state index contributed by atoms with van der Waals surface area (Å²) in [6.07, 6.45) is 1.84. The fourth-order valence-corrected chi connectivity index (χ4v) is 2.07. The van der Waals surface area contributed by atoms with Gasteiger partial charge in [0, 0.05) is 12.8 Å². The lowest BCUT2D eigenvalue weighted by molar-refractivity contribution is 0.0738. The van der Waals surface area contributed by atoms with Crippen molar-refractivity contribution in [3.05, 3.63) is 32.6 Å². The van der Waals surface area contributed by atoms with E-state index in [2.05, 4.69) is 4.98 Å². The van der Waals surface area contributed by atoms with Crippen LogP contribution in [0.5, 0.6) is 0 Å². The number of H-pyrrole nitrogens is 1. The number of ether oxygens (including phenoxy) is 1. The molecular weight excluding hydrogens is 222 g/mol. The Morgan fingerprint density at radius 3 is 2.88 bits per heavy atom. The molecule has 1 fully saturated rings. The number of hydrogen-bond acceptors (Lipinski definition) is 4. The molecule has 1 aromatic heterocycles. The monoisotopic (exact) mass is 235 g/mol. The van der Waals surface area contributed by atoms with Crippen LogP contribution in [0.25, 0.3) is 0 Å². The van der Waals surface area contributed by atoms with Crippen molar-refractivity contribution in [3.63, 3.8) is 0 Å². The Morgan fingerprint density at radius 2 is 2.35 bits per heavy atom. The van der Waals surface area contributed by atoms with Gasteiger partial charge in [-0.25, -0.2) is 4.79 Å². The number of nitriles is 1. The molecule has 1 aromatic rings. The van der Waals surface area contributed by atoms with Gasteiger partial charge >= 0.3 is 5.69 Å². The van der Waals surface area contributed by atoms with E-state index in [1.165, 1.54) is 10.8 Å². The molecule has 17 heavy (non-hydrogen) atoms. The van der Waals surface area contributed by atoms with E-state index in [0.29, 0.717) is 13.0 Å². The molecule has 0 aliphatic carbocycles. The fourth-order valence-electron chi connectivity index (χ4n) is 2.07. The molecule has 0 aromatic carbocycles. The van der Waals surface area contributed by atoms with Gasteiger partial charge in [0.2, 0.25) is 0 Å². The number of hydrogen-bond donors (Lipinski definition) is 1. The van der Waals surface area contributed by atoms with E-state index < -0.39 is 16.8 Å². The molecule has 2 heterocycles. The number of nitrogens with one attached hydrogen (secondary N) is 1.